The zero-order chi connectivity index (χ0) is 12.4. The quantitative estimate of drug-likeness (QED) is 0.872. The predicted molar refractivity (Wildman–Crippen MR) is 72.3 cm³/mol. The maximum atomic E-state index is 5.95. The second-order valence-electron chi connectivity index (χ2n) is 2.92. The Balaban J connectivity index is 2.34. The zero-order valence-electron chi connectivity index (χ0n) is 8.09. The fourth-order valence-corrected chi connectivity index (χ4v) is 2.00. The van der Waals surface area contributed by atoms with E-state index in [4.69, 9.17) is 34.8 Å². The van der Waals surface area contributed by atoms with Crippen molar-refractivity contribution in [3.63, 3.8) is 0 Å². The molecule has 0 spiro atoms. The molecule has 2 rings (SSSR count). The van der Waals surface area contributed by atoms with Crippen molar-refractivity contribution in [2.75, 3.05) is 5.32 Å². The van der Waals surface area contributed by atoms with Gasteiger partial charge in [0.15, 0.2) is 0 Å². The second kappa shape index (κ2) is 5.35. The Labute approximate surface area is 120 Å². The van der Waals surface area contributed by atoms with Crippen LogP contribution in [0.15, 0.2) is 22.7 Å². The minimum absolute atomic E-state index is 0.0191. The SMILES string of the molecule is Clc1nc(Cl)nc(Nc2cccc(Cl)c2Br)n1. The highest BCUT2D eigenvalue weighted by molar-refractivity contribution is 9.10. The number of nitrogens with zero attached hydrogens (tertiary/aromatic N) is 3. The van der Waals surface area contributed by atoms with Crippen LogP contribution in [-0.4, -0.2) is 15.0 Å². The summed E-state index contributed by atoms with van der Waals surface area (Å²) in [7, 11) is 0. The molecule has 0 unspecified atom stereocenters. The summed E-state index contributed by atoms with van der Waals surface area (Å²) in [5.41, 5.74) is 0.704. The molecule has 0 radical (unpaired) electrons. The molecule has 0 bridgehead atoms. The van der Waals surface area contributed by atoms with Crippen LogP contribution in [0.2, 0.25) is 15.6 Å². The van der Waals surface area contributed by atoms with E-state index in [9.17, 15) is 0 Å². The molecule has 88 valence electrons. The van der Waals surface area contributed by atoms with E-state index in [1.54, 1.807) is 12.1 Å². The zero-order valence-corrected chi connectivity index (χ0v) is 11.9. The Bertz CT molecular complexity index is 544. The van der Waals surface area contributed by atoms with Crippen molar-refractivity contribution in [2.24, 2.45) is 0 Å². The van der Waals surface area contributed by atoms with E-state index >= 15 is 0 Å². The van der Waals surface area contributed by atoms with E-state index in [2.05, 4.69) is 36.2 Å². The molecule has 4 nitrogen and oxygen atoms in total. The van der Waals surface area contributed by atoms with Gasteiger partial charge in [-0.1, -0.05) is 17.7 Å². The standard InChI is InChI=1S/C9H4BrCl3N4/c10-6-4(11)2-1-3-5(6)14-9-16-7(12)15-8(13)17-9/h1-3H,(H,14,15,16,17). The number of hydrogen-bond acceptors (Lipinski definition) is 4. The molecule has 17 heavy (non-hydrogen) atoms. The molecule has 1 aromatic carbocycles. The van der Waals surface area contributed by atoms with Crippen LogP contribution in [0.4, 0.5) is 11.6 Å². The number of aromatic nitrogens is 3. The van der Waals surface area contributed by atoms with Crippen LogP contribution in [0, 0.1) is 0 Å². The van der Waals surface area contributed by atoms with E-state index < -0.39 is 0 Å². The van der Waals surface area contributed by atoms with Gasteiger partial charge < -0.3 is 5.32 Å². The van der Waals surface area contributed by atoms with Crippen LogP contribution < -0.4 is 5.32 Å². The maximum Gasteiger partial charge on any atom is 0.232 e. The molecule has 1 N–H and O–H groups in total. The smallest absolute Gasteiger partial charge is 0.232 e. The van der Waals surface area contributed by atoms with Gasteiger partial charge >= 0.3 is 0 Å². The first kappa shape index (κ1) is 12.8. The third kappa shape index (κ3) is 3.19. The summed E-state index contributed by atoms with van der Waals surface area (Å²) in [5.74, 6) is 0.248. The van der Waals surface area contributed by atoms with Crippen LogP contribution in [0.25, 0.3) is 0 Å². The Morgan fingerprint density at radius 2 is 1.65 bits per heavy atom. The van der Waals surface area contributed by atoms with E-state index in [1.165, 1.54) is 0 Å². The average molecular weight is 354 g/mol. The van der Waals surface area contributed by atoms with Crippen molar-refractivity contribution < 1.29 is 0 Å². The molecule has 1 heterocycles. The number of anilines is 2. The molecule has 1 aromatic heterocycles. The van der Waals surface area contributed by atoms with Gasteiger partial charge in [0.2, 0.25) is 16.5 Å². The third-order valence-corrected chi connectivity index (χ3v) is 3.51. The van der Waals surface area contributed by atoms with Gasteiger partial charge in [0.25, 0.3) is 0 Å². The number of hydrogen-bond donors (Lipinski definition) is 1. The molecule has 8 heteroatoms. The molecule has 0 aliphatic carbocycles. The molecule has 0 saturated carbocycles. The first-order chi connectivity index (χ1) is 8.06. The summed E-state index contributed by atoms with van der Waals surface area (Å²) in [6.45, 7) is 0. The molecular weight excluding hydrogens is 350 g/mol. The Morgan fingerprint density at radius 1 is 1.00 bits per heavy atom. The predicted octanol–water partition coefficient (Wildman–Crippen LogP) is 4.34. The van der Waals surface area contributed by atoms with Crippen LogP contribution in [-0.2, 0) is 0 Å². The summed E-state index contributed by atoms with van der Waals surface area (Å²) < 4.78 is 0.703. The van der Waals surface area contributed by atoms with E-state index in [0.717, 1.165) is 0 Å². The number of rotatable bonds is 2. The lowest BCUT2D eigenvalue weighted by molar-refractivity contribution is 1.05. The first-order valence-electron chi connectivity index (χ1n) is 4.34. The van der Waals surface area contributed by atoms with E-state index in [0.29, 0.717) is 15.2 Å². The van der Waals surface area contributed by atoms with E-state index in [-0.39, 0.29) is 16.5 Å². The lowest BCUT2D eigenvalue weighted by atomic mass is 10.3. The van der Waals surface area contributed by atoms with E-state index in [1.807, 2.05) is 6.07 Å². The third-order valence-electron chi connectivity index (χ3n) is 1.78. The van der Waals surface area contributed by atoms with Gasteiger partial charge in [-0.05, 0) is 51.3 Å². The van der Waals surface area contributed by atoms with Gasteiger partial charge in [-0.15, -0.1) is 0 Å². The molecule has 0 fully saturated rings. The van der Waals surface area contributed by atoms with Crippen molar-refractivity contribution in [3.8, 4) is 0 Å². The minimum atomic E-state index is 0.0191. The molecule has 0 amide bonds. The van der Waals surface area contributed by atoms with Crippen LogP contribution in [0.1, 0.15) is 0 Å². The minimum Gasteiger partial charge on any atom is -0.323 e. The van der Waals surface area contributed by atoms with Crippen LogP contribution in [0.5, 0.6) is 0 Å². The van der Waals surface area contributed by atoms with Gasteiger partial charge in [0, 0.05) is 0 Å². The van der Waals surface area contributed by atoms with Crippen molar-refractivity contribution in [2.45, 2.75) is 0 Å². The first-order valence-corrected chi connectivity index (χ1v) is 6.27. The fraction of sp³-hybridized carbons (Fsp3) is 0. The van der Waals surface area contributed by atoms with Crippen LogP contribution >= 0.6 is 50.7 Å². The highest BCUT2D eigenvalue weighted by atomic mass is 79.9. The van der Waals surface area contributed by atoms with Gasteiger partial charge in [0.1, 0.15) is 0 Å². The number of nitrogens with one attached hydrogen (secondary N) is 1. The highest BCUT2D eigenvalue weighted by Crippen LogP contribution is 2.31. The number of halogens is 4. The molecule has 0 saturated heterocycles. The average Bonchev–Trinajstić information content (AvgIpc) is 2.23. The van der Waals surface area contributed by atoms with Gasteiger partial charge in [-0.25, -0.2) is 0 Å². The molecule has 0 aliphatic rings. The van der Waals surface area contributed by atoms with Gasteiger partial charge in [-0.3, -0.25) is 0 Å². The maximum absolute atomic E-state index is 5.95. The molecule has 0 aliphatic heterocycles. The largest absolute Gasteiger partial charge is 0.323 e. The topological polar surface area (TPSA) is 50.7 Å². The molecule has 0 atom stereocenters. The van der Waals surface area contributed by atoms with Crippen LogP contribution in [0.3, 0.4) is 0 Å². The number of benzene rings is 1. The summed E-state index contributed by atoms with van der Waals surface area (Å²) >= 11 is 20.6. The van der Waals surface area contributed by atoms with Crippen molar-refractivity contribution in [1.82, 2.24) is 15.0 Å². The highest BCUT2D eigenvalue weighted by Gasteiger charge is 2.07. The normalized spacial score (nSPS) is 10.4. The summed E-state index contributed by atoms with van der Waals surface area (Å²) in [4.78, 5) is 11.4. The second-order valence-corrected chi connectivity index (χ2v) is 4.80. The Morgan fingerprint density at radius 3 is 2.29 bits per heavy atom. The fourth-order valence-electron chi connectivity index (χ4n) is 1.10. The Kier molecular flexibility index (Phi) is 4.04. The summed E-state index contributed by atoms with van der Waals surface area (Å²) in [6, 6.07) is 5.35. The lowest BCUT2D eigenvalue weighted by Gasteiger charge is -2.07. The van der Waals surface area contributed by atoms with Gasteiger partial charge in [-0.2, -0.15) is 15.0 Å². The summed E-state index contributed by atoms with van der Waals surface area (Å²) in [6.07, 6.45) is 0. The summed E-state index contributed by atoms with van der Waals surface area (Å²) in [5, 5.41) is 3.54. The molecule has 2 aromatic rings. The van der Waals surface area contributed by atoms with Crippen molar-refractivity contribution >= 4 is 62.4 Å². The van der Waals surface area contributed by atoms with Gasteiger partial charge in [0.05, 0.1) is 15.2 Å². The Hall–Kier alpha value is -0.620. The molecular formula is C9H4BrCl3N4. The van der Waals surface area contributed by atoms with Crippen molar-refractivity contribution in [1.29, 1.82) is 0 Å². The van der Waals surface area contributed by atoms with Crippen molar-refractivity contribution in [3.05, 3.63) is 38.3 Å². The lowest BCUT2D eigenvalue weighted by Crippen LogP contribution is -2.00. The monoisotopic (exact) mass is 352 g/mol.